The first kappa shape index (κ1) is 10.8. The highest BCUT2D eigenvalue weighted by atomic mass is 32.2. The number of aliphatic imine (C=N–C) groups is 1. The minimum atomic E-state index is -0.0993. The van der Waals surface area contributed by atoms with Gasteiger partial charge in [-0.2, -0.15) is 0 Å². The zero-order valence-corrected chi connectivity index (χ0v) is 10.2. The van der Waals surface area contributed by atoms with Crippen LogP contribution in [0, 0.1) is 0 Å². The Morgan fingerprint density at radius 2 is 2.33 bits per heavy atom. The third-order valence-corrected chi connectivity index (χ3v) is 4.00. The fourth-order valence-electron chi connectivity index (χ4n) is 1.57. The predicted octanol–water partition coefficient (Wildman–Crippen LogP) is 1.58. The van der Waals surface area contributed by atoms with Crippen LogP contribution in [-0.4, -0.2) is 34.4 Å². The van der Waals surface area contributed by atoms with Crippen molar-refractivity contribution in [1.82, 2.24) is 4.90 Å². The van der Waals surface area contributed by atoms with E-state index in [1.165, 1.54) is 5.70 Å². The third kappa shape index (κ3) is 1.96. The molecular formula is C11H17N3S. The van der Waals surface area contributed by atoms with E-state index in [0.29, 0.717) is 0 Å². The fourth-order valence-corrected chi connectivity index (χ4v) is 2.74. The van der Waals surface area contributed by atoms with Crippen molar-refractivity contribution in [2.45, 2.75) is 24.8 Å². The molecular weight excluding hydrogens is 206 g/mol. The van der Waals surface area contributed by atoms with Crippen LogP contribution in [0.3, 0.4) is 0 Å². The van der Waals surface area contributed by atoms with Crippen molar-refractivity contribution in [3.8, 4) is 0 Å². The molecule has 0 bridgehead atoms. The van der Waals surface area contributed by atoms with Crippen LogP contribution in [0.25, 0.3) is 0 Å². The first-order valence-electron chi connectivity index (χ1n) is 5.11. The van der Waals surface area contributed by atoms with Gasteiger partial charge in [-0.1, -0.05) is 23.9 Å². The van der Waals surface area contributed by atoms with Crippen molar-refractivity contribution in [3.63, 3.8) is 0 Å². The summed E-state index contributed by atoms with van der Waals surface area (Å²) < 4.78 is 0.0121. The second-order valence-electron chi connectivity index (χ2n) is 4.45. The molecule has 2 aliphatic rings. The van der Waals surface area contributed by atoms with E-state index in [-0.39, 0.29) is 10.9 Å². The zero-order valence-electron chi connectivity index (χ0n) is 9.40. The van der Waals surface area contributed by atoms with Crippen molar-refractivity contribution < 1.29 is 0 Å². The molecule has 15 heavy (non-hydrogen) atoms. The van der Waals surface area contributed by atoms with Gasteiger partial charge in [-0.25, -0.2) is 0 Å². The Labute approximate surface area is 95.1 Å². The van der Waals surface area contributed by atoms with Gasteiger partial charge in [0.05, 0.1) is 10.4 Å². The SMILES string of the molecule is CN1CC=CC=C1C1=N[C@H](N)C(C)(C)S1. The molecule has 0 saturated heterocycles. The Bertz CT molecular complexity index is 355. The smallest absolute Gasteiger partial charge is 0.116 e. The van der Waals surface area contributed by atoms with Crippen LogP contribution in [0.4, 0.5) is 0 Å². The van der Waals surface area contributed by atoms with Crippen molar-refractivity contribution in [2.75, 3.05) is 13.6 Å². The second-order valence-corrected chi connectivity index (χ2v) is 6.09. The lowest BCUT2D eigenvalue weighted by atomic mass is 10.1. The molecule has 2 heterocycles. The van der Waals surface area contributed by atoms with E-state index in [0.717, 1.165) is 11.6 Å². The maximum atomic E-state index is 5.98. The van der Waals surface area contributed by atoms with Gasteiger partial charge in [-0.05, 0) is 19.9 Å². The lowest BCUT2D eigenvalue weighted by Crippen LogP contribution is -2.35. The first-order valence-corrected chi connectivity index (χ1v) is 5.93. The number of hydrogen-bond acceptors (Lipinski definition) is 4. The van der Waals surface area contributed by atoms with E-state index in [9.17, 15) is 0 Å². The largest absolute Gasteiger partial charge is 0.369 e. The topological polar surface area (TPSA) is 41.6 Å². The molecule has 0 saturated carbocycles. The summed E-state index contributed by atoms with van der Waals surface area (Å²) in [6.45, 7) is 5.22. The van der Waals surface area contributed by atoms with Crippen LogP contribution >= 0.6 is 11.8 Å². The summed E-state index contributed by atoms with van der Waals surface area (Å²) in [4.78, 5) is 6.72. The average molecular weight is 223 g/mol. The second kappa shape index (κ2) is 3.68. The van der Waals surface area contributed by atoms with Crippen LogP contribution in [-0.2, 0) is 0 Å². The molecule has 1 atom stereocenters. The molecule has 0 amide bonds. The van der Waals surface area contributed by atoms with Gasteiger partial charge in [0.2, 0.25) is 0 Å². The number of thioether (sulfide) groups is 1. The number of likely N-dealkylation sites (N-methyl/N-ethyl adjacent to an activating group) is 1. The van der Waals surface area contributed by atoms with Crippen LogP contribution in [0.1, 0.15) is 13.8 Å². The lowest BCUT2D eigenvalue weighted by molar-refractivity contribution is 0.483. The minimum Gasteiger partial charge on any atom is -0.369 e. The van der Waals surface area contributed by atoms with E-state index in [4.69, 9.17) is 5.73 Å². The Morgan fingerprint density at radius 3 is 2.87 bits per heavy atom. The number of hydrogen-bond donors (Lipinski definition) is 1. The molecule has 0 aromatic rings. The zero-order chi connectivity index (χ0) is 11.1. The highest BCUT2D eigenvalue weighted by Crippen LogP contribution is 2.38. The van der Waals surface area contributed by atoms with Crippen LogP contribution < -0.4 is 5.73 Å². The number of nitrogens with two attached hydrogens (primary N) is 1. The molecule has 2 N–H and O–H groups in total. The molecule has 0 aliphatic carbocycles. The summed E-state index contributed by atoms with van der Waals surface area (Å²) in [7, 11) is 2.08. The fraction of sp³-hybridized carbons (Fsp3) is 0.545. The van der Waals surface area contributed by atoms with Crippen molar-refractivity contribution in [3.05, 3.63) is 23.9 Å². The van der Waals surface area contributed by atoms with E-state index < -0.39 is 0 Å². The standard InChI is InChI=1S/C11H17N3S/c1-11(2)10(12)13-9(15-11)8-6-4-5-7-14(8)3/h4-6,10H,7,12H2,1-3H3/t10-/m0/s1. The van der Waals surface area contributed by atoms with E-state index >= 15 is 0 Å². The summed E-state index contributed by atoms with van der Waals surface area (Å²) in [6.07, 6.45) is 6.21. The van der Waals surface area contributed by atoms with Gasteiger partial charge in [-0.3, -0.25) is 4.99 Å². The van der Waals surface area contributed by atoms with E-state index in [1.54, 1.807) is 11.8 Å². The van der Waals surface area contributed by atoms with Gasteiger partial charge < -0.3 is 10.6 Å². The molecule has 0 aromatic carbocycles. The highest BCUT2D eigenvalue weighted by Gasteiger charge is 2.36. The molecule has 2 aliphatic heterocycles. The summed E-state index contributed by atoms with van der Waals surface area (Å²) in [5.41, 5.74) is 7.17. The van der Waals surface area contributed by atoms with Crippen LogP contribution in [0.2, 0.25) is 0 Å². The van der Waals surface area contributed by atoms with Gasteiger partial charge in [0.15, 0.2) is 0 Å². The van der Waals surface area contributed by atoms with Gasteiger partial charge >= 0.3 is 0 Å². The number of allylic oxidation sites excluding steroid dienone is 2. The van der Waals surface area contributed by atoms with Crippen LogP contribution in [0.5, 0.6) is 0 Å². The lowest BCUT2D eigenvalue weighted by Gasteiger charge is -2.24. The van der Waals surface area contributed by atoms with Gasteiger partial charge in [0.25, 0.3) is 0 Å². The molecule has 2 rings (SSSR count). The Balaban J connectivity index is 2.23. The van der Waals surface area contributed by atoms with Gasteiger partial charge in [0, 0.05) is 13.6 Å². The molecule has 0 fully saturated rings. The molecule has 0 unspecified atom stereocenters. The van der Waals surface area contributed by atoms with Crippen molar-refractivity contribution >= 4 is 16.8 Å². The monoisotopic (exact) mass is 223 g/mol. The molecule has 82 valence electrons. The maximum Gasteiger partial charge on any atom is 0.116 e. The van der Waals surface area contributed by atoms with Crippen molar-refractivity contribution in [1.29, 1.82) is 0 Å². The minimum absolute atomic E-state index is 0.0121. The Kier molecular flexibility index (Phi) is 2.64. The summed E-state index contributed by atoms with van der Waals surface area (Å²) in [5.74, 6) is 0. The third-order valence-electron chi connectivity index (χ3n) is 2.73. The summed E-state index contributed by atoms with van der Waals surface area (Å²) in [6, 6.07) is 0. The first-order chi connectivity index (χ1) is 7.00. The van der Waals surface area contributed by atoms with Crippen LogP contribution in [0.15, 0.2) is 28.9 Å². The van der Waals surface area contributed by atoms with E-state index in [2.05, 4.69) is 49.0 Å². The van der Waals surface area contributed by atoms with Gasteiger partial charge in [-0.15, -0.1) is 0 Å². The average Bonchev–Trinajstić information content (AvgIpc) is 2.42. The summed E-state index contributed by atoms with van der Waals surface area (Å²) in [5, 5.41) is 1.07. The molecule has 0 aromatic heterocycles. The number of rotatable bonds is 1. The van der Waals surface area contributed by atoms with E-state index in [1.807, 2.05) is 0 Å². The molecule has 4 heteroatoms. The quantitative estimate of drug-likeness (QED) is 0.734. The Hall–Kier alpha value is -0.740. The maximum absolute atomic E-state index is 5.98. The molecule has 3 nitrogen and oxygen atoms in total. The van der Waals surface area contributed by atoms with Gasteiger partial charge in [0.1, 0.15) is 11.2 Å². The Morgan fingerprint density at radius 1 is 1.60 bits per heavy atom. The molecule has 0 radical (unpaired) electrons. The predicted molar refractivity (Wildman–Crippen MR) is 66.9 cm³/mol. The number of nitrogens with zero attached hydrogens (tertiary/aromatic N) is 2. The highest BCUT2D eigenvalue weighted by molar-refractivity contribution is 8.15. The summed E-state index contributed by atoms with van der Waals surface area (Å²) >= 11 is 1.77. The molecule has 0 spiro atoms. The van der Waals surface area contributed by atoms with Crippen molar-refractivity contribution in [2.24, 2.45) is 10.7 Å². The normalized spacial score (nSPS) is 29.1.